The molecule has 1 aromatic carbocycles. The lowest BCUT2D eigenvalue weighted by Gasteiger charge is -2.06. The van der Waals surface area contributed by atoms with Crippen LogP contribution in [0.25, 0.3) is 11.7 Å². The van der Waals surface area contributed by atoms with Gasteiger partial charge in [0.2, 0.25) is 5.88 Å². The van der Waals surface area contributed by atoms with E-state index in [-0.39, 0.29) is 10.8 Å². The summed E-state index contributed by atoms with van der Waals surface area (Å²) in [5.74, 6) is 0.519. The van der Waals surface area contributed by atoms with Gasteiger partial charge in [-0.2, -0.15) is 9.61 Å². The summed E-state index contributed by atoms with van der Waals surface area (Å²) in [5.41, 5.74) is 2.07. The van der Waals surface area contributed by atoms with Gasteiger partial charge in [0, 0.05) is 29.0 Å². The standard InChI is InChI=1S/C20H17ClN6O2S/c1-26-19(28)15(30-20(26)29)7-11-10-22-27-17(24-13-5-6-13)9-16(25-18(11)27)23-14-4-2-3-12(21)8-14/h2-4,7-10,13,23,28H,5-6H2,1H3/b11-7-,24-17?. The van der Waals surface area contributed by atoms with Crippen LogP contribution in [0.4, 0.5) is 11.5 Å². The molecule has 0 amide bonds. The van der Waals surface area contributed by atoms with Gasteiger partial charge < -0.3 is 10.4 Å². The number of benzene rings is 1. The molecule has 1 saturated carbocycles. The molecule has 0 atom stereocenters. The number of rotatable bonds is 4. The largest absolute Gasteiger partial charge is 0.493 e. The Labute approximate surface area is 179 Å². The fourth-order valence-electron chi connectivity index (χ4n) is 3.02. The third-order valence-electron chi connectivity index (χ3n) is 4.73. The zero-order valence-corrected chi connectivity index (χ0v) is 17.5. The van der Waals surface area contributed by atoms with Crippen LogP contribution in [0, 0.1) is 0 Å². The molecule has 30 heavy (non-hydrogen) atoms. The normalized spacial score (nSPS) is 15.3. The first-order valence-electron chi connectivity index (χ1n) is 9.34. The predicted molar refractivity (Wildman–Crippen MR) is 116 cm³/mol. The molecule has 2 N–H and O–H groups in total. The van der Waals surface area contributed by atoms with Crippen molar-refractivity contribution in [1.82, 2.24) is 19.2 Å². The Kier molecular flexibility index (Phi) is 4.56. The quantitative estimate of drug-likeness (QED) is 0.507. The minimum atomic E-state index is -0.240. The molecule has 5 rings (SSSR count). The van der Waals surface area contributed by atoms with Crippen LogP contribution in [0.15, 0.2) is 46.3 Å². The van der Waals surface area contributed by atoms with Gasteiger partial charge in [-0.3, -0.25) is 14.4 Å². The maximum absolute atomic E-state index is 11.8. The Bertz CT molecular complexity index is 1450. The van der Waals surface area contributed by atoms with E-state index in [0.717, 1.165) is 29.9 Å². The molecule has 0 unspecified atom stereocenters. The van der Waals surface area contributed by atoms with Crippen LogP contribution in [0.2, 0.25) is 5.02 Å². The third-order valence-corrected chi connectivity index (χ3v) is 5.94. The van der Waals surface area contributed by atoms with Gasteiger partial charge in [0.05, 0.1) is 17.1 Å². The third kappa shape index (κ3) is 3.57. The van der Waals surface area contributed by atoms with Crippen molar-refractivity contribution in [1.29, 1.82) is 0 Å². The van der Waals surface area contributed by atoms with E-state index >= 15 is 0 Å². The number of aromatic hydroxyl groups is 1. The molecule has 3 heterocycles. The molecule has 3 aromatic heterocycles. The van der Waals surface area contributed by atoms with E-state index in [9.17, 15) is 9.90 Å². The highest BCUT2D eigenvalue weighted by molar-refractivity contribution is 7.10. The first-order valence-corrected chi connectivity index (χ1v) is 10.5. The van der Waals surface area contributed by atoms with E-state index in [2.05, 4.69) is 10.4 Å². The van der Waals surface area contributed by atoms with Crippen molar-refractivity contribution in [3.63, 3.8) is 0 Å². The summed E-state index contributed by atoms with van der Waals surface area (Å²) in [4.78, 5) is 21.5. The molecular weight excluding hydrogens is 424 g/mol. The minimum absolute atomic E-state index is 0.0829. The Morgan fingerprint density at radius 1 is 1.37 bits per heavy atom. The molecule has 0 aliphatic heterocycles. The van der Waals surface area contributed by atoms with Crippen LogP contribution in [-0.2, 0) is 7.05 Å². The van der Waals surface area contributed by atoms with E-state index in [0.29, 0.717) is 38.1 Å². The summed E-state index contributed by atoms with van der Waals surface area (Å²) < 4.78 is 2.88. The Morgan fingerprint density at radius 3 is 2.90 bits per heavy atom. The zero-order valence-electron chi connectivity index (χ0n) is 15.9. The summed E-state index contributed by atoms with van der Waals surface area (Å²) in [7, 11) is 1.53. The summed E-state index contributed by atoms with van der Waals surface area (Å²) in [6, 6.07) is 9.53. The van der Waals surface area contributed by atoms with Crippen molar-refractivity contribution in [2.75, 3.05) is 5.32 Å². The lowest BCUT2D eigenvalue weighted by Crippen LogP contribution is -2.19. The van der Waals surface area contributed by atoms with E-state index < -0.39 is 0 Å². The maximum atomic E-state index is 11.8. The van der Waals surface area contributed by atoms with Gasteiger partial charge in [0.15, 0.2) is 11.1 Å². The number of halogens is 1. The number of thiazole rings is 1. The van der Waals surface area contributed by atoms with Gasteiger partial charge in [-0.15, -0.1) is 0 Å². The molecule has 1 aliphatic rings. The van der Waals surface area contributed by atoms with Crippen LogP contribution in [-0.4, -0.2) is 30.3 Å². The first kappa shape index (κ1) is 18.8. The number of aromatic nitrogens is 4. The Morgan fingerprint density at radius 2 is 2.20 bits per heavy atom. The molecule has 1 fully saturated rings. The minimum Gasteiger partial charge on any atom is -0.493 e. The maximum Gasteiger partial charge on any atom is 0.310 e. The summed E-state index contributed by atoms with van der Waals surface area (Å²) >= 11 is 7.06. The molecule has 0 saturated heterocycles. The fourth-order valence-corrected chi connectivity index (χ4v) is 4.04. The smallest absolute Gasteiger partial charge is 0.310 e. The van der Waals surface area contributed by atoms with E-state index in [1.165, 1.54) is 11.6 Å². The highest BCUT2D eigenvalue weighted by Crippen LogP contribution is 2.23. The topological polar surface area (TPSA) is 96.8 Å². The van der Waals surface area contributed by atoms with Gasteiger partial charge in [0.1, 0.15) is 5.82 Å². The second kappa shape index (κ2) is 7.26. The van der Waals surface area contributed by atoms with Gasteiger partial charge in [-0.1, -0.05) is 29.0 Å². The molecule has 4 aromatic rings. The van der Waals surface area contributed by atoms with E-state index in [1.807, 2.05) is 24.3 Å². The van der Waals surface area contributed by atoms with Crippen molar-refractivity contribution in [2.45, 2.75) is 18.9 Å². The summed E-state index contributed by atoms with van der Waals surface area (Å²) in [6.07, 6.45) is 5.49. The monoisotopic (exact) mass is 440 g/mol. The van der Waals surface area contributed by atoms with Crippen LogP contribution in [0.3, 0.4) is 0 Å². The van der Waals surface area contributed by atoms with Gasteiger partial charge in [0.25, 0.3) is 0 Å². The second-order valence-corrected chi connectivity index (χ2v) is 8.52. The van der Waals surface area contributed by atoms with Crippen molar-refractivity contribution in [2.24, 2.45) is 12.0 Å². The SMILES string of the molecule is Cn1c(O)c(/C=c2/cnn3c(=NC4CC4)cc(Nc4cccc(Cl)c4)nc23)sc1=O. The van der Waals surface area contributed by atoms with Crippen LogP contribution in [0.1, 0.15) is 17.7 Å². The van der Waals surface area contributed by atoms with Crippen molar-refractivity contribution in [3.8, 4) is 5.88 Å². The highest BCUT2D eigenvalue weighted by Gasteiger charge is 2.20. The molecule has 10 heteroatoms. The van der Waals surface area contributed by atoms with Crippen LogP contribution >= 0.6 is 22.9 Å². The van der Waals surface area contributed by atoms with Crippen molar-refractivity contribution < 1.29 is 5.11 Å². The van der Waals surface area contributed by atoms with Crippen LogP contribution < -0.4 is 20.9 Å². The number of fused-ring (bicyclic) bond motifs is 1. The van der Waals surface area contributed by atoms with Gasteiger partial charge in [-0.25, -0.2) is 4.98 Å². The van der Waals surface area contributed by atoms with Crippen molar-refractivity contribution in [3.05, 3.63) is 66.8 Å². The summed E-state index contributed by atoms with van der Waals surface area (Å²) in [6.45, 7) is 0. The number of hydrogen-bond donors (Lipinski definition) is 2. The lowest BCUT2D eigenvalue weighted by atomic mass is 10.3. The number of nitrogens with one attached hydrogen (secondary N) is 1. The Balaban J connectivity index is 1.69. The molecular formula is C20H17ClN6O2S. The highest BCUT2D eigenvalue weighted by atomic mass is 35.5. The lowest BCUT2D eigenvalue weighted by molar-refractivity contribution is 0.428. The fraction of sp³-hybridized carbons (Fsp3) is 0.200. The zero-order chi connectivity index (χ0) is 20.8. The van der Waals surface area contributed by atoms with Crippen LogP contribution in [0.5, 0.6) is 5.88 Å². The molecule has 0 spiro atoms. The van der Waals surface area contributed by atoms with Gasteiger partial charge >= 0.3 is 4.87 Å². The second-order valence-electron chi connectivity index (χ2n) is 7.09. The number of nitrogens with zero attached hydrogens (tertiary/aromatic N) is 5. The first-order chi connectivity index (χ1) is 14.5. The van der Waals surface area contributed by atoms with Crippen molar-refractivity contribution >= 4 is 46.2 Å². The Hall–Kier alpha value is -3.17. The average molecular weight is 441 g/mol. The molecule has 152 valence electrons. The molecule has 0 bridgehead atoms. The number of anilines is 2. The predicted octanol–water partition coefficient (Wildman–Crippen LogP) is 2.20. The molecule has 0 radical (unpaired) electrons. The van der Waals surface area contributed by atoms with E-state index in [4.69, 9.17) is 21.6 Å². The average Bonchev–Trinajstić information content (AvgIpc) is 3.39. The molecule has 8 nitrogen and oxygen atoms in total. The van der Waals surface area contributed by atoms with Gasteiger partial charge in [-0.05, 0) is 37.1 Å². The molecule has 1 aliphatic carbocycles. The number of hydrogen-bond acceptors (Lipinski definition) is 7. The van der Waals surface area contributed by atoms with E-state index in [1.54, 1.807) is 22.9 Å². The summed E-state index contributed by atoms with van der Waals surface area (Å²) in [5, 5.41) is 19.2.